The zero-order valence-electron chi connectivity index (χ0n) is 5.82. The van der Waals surface area contributed by atoms with E-state index in [4.69, 9.17) is 10.8 Å². The average molecular weight is 152 g/mol. The van der Waals surface area contributed by atoms with E-state index in [0.717, 1.165) is 0 Å². The van der Waals surface area contributed by atoms with Gasteiger partial charge in [0.1, 0.15) is 5.69 Å². The molecule has 3 N–H and O–H groups in total. The van der Waals surface area contributed by atoms with E-state index in [-0.39, 0.29) is 12.2 Å². The van der Waals surface area contributed by atoms with Gasteiger partial charge in [-0.05, 0) is 12.1 Å². The Bertz CT molecular complexity index is 273. The first-order valence-electron chi connectivity index (χ1n) is 3.13. The largest absolute Gasteiger partial charge is 0.477 e. The number of aromatic carboxylic acids is 1. The number of hydrogen-bond donors (Lipinski definition) is 2. The molecule has 0 atom stereocenters. The molecular weight excluding hydrogens is 144 g/mol. The van der Waals surface area contributed by atoms with Crippen LogP contribution >= 0.6 is 0 Å². The number of pyridine rings is 1. The fraction of sp³-hybridized carbons (Fsp3) is 0.143. The normalized spacial score (nSPS) is 9.55. The average Bonchev–Trinajstić information content (AvgIpc) is 2.05. The van der Waals surface area contributed by atoms with E-state index in [0.29, 0.717) is 5.69 Å². The molecule has 0 aromatic carbocycles. The highest BCUT2D eigenvalue weighted by molar-refractivity contribution is 5.85. The molecule has 0 fully saturated rings. The lowest BCUT2D eigenvalue weighted by Crippen LogP contribution is -2.05. The van der Waals surface area contributed by atoms with Gasteiger partial charge in [-0.15, -0.1) is 0 Å². The summed E-state index contributed by atoms with van der Waals surface area (Å²) in [6.45, 7) is 0.265. The molecule has 0 spiro atoms. The Morgan fingerprint density at radius 1 is 1.64 bits per heavy atom. The number of hydrogen-bond acceptors (Lipinski definition) is 3. The molecule has 0 aliphatic heterocycles. The monoisotopic (exact) mass is 152 g/mol. The molecule has 4 nitrogen and oxygen atoms in total. The van der Waals surface area contributed by atoms with Gasteiger partial charge in [0.05, 0.1) is 5.69 Å². The predicted molar refractivity (Wildman–Crippen MR) is 39.1 cm³/mol. The fourth-order valence-corrected chi connectivity index (χ4v) is 0.712. The Balaban J connectivity index is 3.01. The molecule has 11 heavy (non-hydrogen) atoms. The first-order valence-corrected chi connectivity index (χ1v) is 3.13. The number of nitrogens with two attached hydrogens (primary N) is 1. The smallest absolute Gasteiger partial charge is 0.354 e. The molecule has 4 heteroatoms. The Morgan fingerprint density at radius 2 is 2.36 bits per heavy atom. The van der Waals surface area contributed by atoms with Crippen LogP contribution in [-0.2, 0) is 6.54 Å². The topological polar surface area (TPSA) is 76.2 Å². The molecule has 0 unspecified atom stereocenters. The molecule has 1 rings (SSSR count). The summed E-state index contributed by atoms with van der Waals surface area (Å²) in [6.07, 6.45) is 0. The maximum atomic E-state index is 10.4. The molecule has 0 aliphatic carbocycles. The number of carbonyl (C=O) groups is 1. The number of nitrogens with zero attached hydrogens (tertiary/aromatic N) is 1. The highest BCUT2D eigenvalue weighted by Crippen LogP contribution is 1.97. The highest BCUT2D eigenvalue weighted by Gasteiger charge is 2.02. The van der Waals surface area contributed by atoms with Crippen molar-refractivity contribution in [3.05, 3.63) is 29.6 Å². The van der Waals surface area contributed by atoms with Crippen molar-refractivity contribution in [3.63, 3.8) is 0 Å². The summed E-state index contributed by atoms with van der Waals surface area (Å²) in [5.74, 6) is -1.03. The minimum Gasteiger partial charge on any atom is -0.477 e. The summed E-state index contributed by atoms with van der Waals surface area (Å²) in [6, 6.07) is 4.74. The lowest BCUT2D eigenvalue weighted by Gasteiger charge is -1.96. The molecule has 0 saturated heterocycles. The lowest BCUT2D eigenvalue weighted by atomic mass is 10.3. The van der Waals surface area contributed by atoms with Crippen LogP contribution in [0.4, 0.5) is 0 Å². The number of carboxylic acid groups (broad SMARTS) is 1. The van der Waals surface area contributed by atoms with Crippen LogP contribution in [0, 0.1) is 0 Å². The Morgan fingerprint density at radius 3 is 2.91 bits per heavy atom. The van der Waals surface area contributed by atoms with Crippen LogP contribution in [0.2, 0.25) is 0 Å². The minimum absolute atomic E-state index is 0.0351. The molecule has 0 amide bonds. The fourth-order valence-electron chi connectivity index (χ4n) is 0.712. The van der Waals surface area contributed by atoms with Crippen molar-refractivity contribution < 1.29 is 9.90 Å². The van der Waals surface area contributed by atoms with Crippen LogP contribution in [0.3, 0.4) is 0 Å². The zero-order valence-corrected chi connectivity index (χ0v) is 5.82. The van der Waals surface area contributed by atoms with Gasteiger partial charge in [0, 0.05) is 6.54 Å². The van der Waals surface area contributed by atoms with Crippen LogP contribution in [0.25, 0.3) is 0 Å². The van der Waals surface area contributed by atoms with Crippen molar-refractivity contribution >= 4 is 5.97 Å². The number of carboxylic acids is 1. The van der Waals surface area contributed by atoms with Crippen LogP contribution < -0.4 is 5.73 Å². The van der Waals surface area contributed by atoms with Crippen molar-refractivity contribution in [2.24, 2.45) is 5.73 Å². The van der Waals surface area contributed by atoms with E-state index in [9.17, 15) is 4.79 Å². The van der Waals surface area contributed by atoms with Crippen LogP contribution in [-0.4, -0.2) is 16.1 Å². The molecule has 0 bridgehead atoms. The standard InChI is InChI=1S/C7H8N2O2/c8-4-5-2-1-3-6(9-5)7(10)11/h1-3H,4,8H2,(H,10,11). The van der Waals surface area contributed by atoms with Gasteiger partial charge in [0.15, 0.2) is 0 Å². The predicted octanol–water partition coefficient (Wildman–Crippen LogP) is 0.238. The third kappa shape index (κ3) is 1.75. The Hall–Kier alpha value is -1.42. The number of rotatable bonds is 2. The maximum absolute atomic E-state index is 10.4. The summed E-state index contributed by atoms with van der Waals surface area (Å²) in [4.78, 5) is 14.1. The molecule has 1 heterocycles. The first-order chi connectivity index (χ1) is 5.24. The lowest BCUT2D eigenvalue weighted by molar-refractivity contribution is 0.0690. The van der Waals surface area contributed by atoms with Gasteiger partial charge in [-0.1, -0.05) is 6.07 Å². The van der Waals surface area contributed by atoms with Crippen LogP contribution in [0.1, 0.15) is 16.2 Å². The summed E-state index contributed by atoms with van der Waals surface area (Å²) < 4.78 is 0. The van der Waals surface area contributed by atoms with E-state index in [1.54, 1.807) is 12.1 Å². The number of aromatic nitrogens is 1. The maximum Gasteiger partial charge on any atom is 0.354 e. The SMILES string of the molecule is NCc1cccc(C(=O)O)n1. The second kappa shape index (κ2) is 3.12. The van der Waals surface area contributed by atoms with Gasteiger partial charge in [-0.3, -0.25) is 0 Å². The van der Waals surface area contributed by atoms with Crippen molar-refractivity contribution in [1.82, 2.24) is 4.98 Å². The summed E-state index contributed by atoms with van der Waals surface area (Å²) in [5, 5.41) is 8.50. The molecule has 1 aromatic rings. The zero-order chi connectivity index (χ0) is 8.27. The third-order valence-electron chi connectivity index (χ3n) is 1.24. The summed E-state index contributed by atoms with van der Waals surface area (Å²) in [7, 11) is 0. The highest BCUT2D eigenvalue weighted by atomic mass is 16.4. The van der Waals surface area contributed by atoms with Crippen molar-refractivity contribution in [1.29, 1.82) is 0 Å². The Kier molecular flexibility index (Phi) is 2.18. The van der Waals surface area contributed by atoms with Gasteiger partial charge >= 0.3 is 5.97 Å². The Labute approximate surface area is 63.7 Å². The van der Waals surface area contributed by atoms with Gasteiger partial charge in [-0.2, -0.15) is 0 Å². The van der Waals surface area contributed by atoms with E-state index in [2.05, 4.69) is 4.98 Å². The molecule has 58 valence electrons. The second-order valence-corrected chi connectivity index (χ2v) is 2.02. The quantitative estimate of drug-likeness (QED) is 0.636. The molecule has 1 aromatic heterocycles. The second-order valence-electron chi connectivity index (χ2n) is 2.02. The summed E-state index contributed by atoms with van der Waals surface area (Å²) >= 11 is 0. The van der Waals surface area contributed by atoms with E-state index < -0.39 is 5.97 Å². The van der Waals surface area contributed by atoms with Crippen LogP contribution in [0.5, 0.6) is 0 Å². The van der Waals surface area contributed by atoms with E-state index >= 15 is 0 Å². The molecule has 0 aliphatic rings. The van der Waals surface area contributed by atoms with Gasteiger partial charge < -0.3 is 10.8 Å². The third-order valence-corrected chi connectivity index (χ3v) is 1.24. The van der Waals surface area contributed by atoms with Crippen molar-refractivity contribution in [2.75, 3.05) is 0 Å². The van der Waals surface area contributed by atoms with Gasteiger partial charge in [0.2, 0.25) is 0 Å². The summed E-state index contributed by atoms with van der Waals surface area (Å²) in [5.41, 5.74) is 5.89. The van der Waals surface area contributed by atoms with Gasteiger partial charge in [-0.25, -0.2) is 9.78 Å². The molecule has 0 radical (unpaired) electrons. The van der Waals surface area contributed by atoms with Crippen molar-refractivity contribution in [3.8, 4) is 0 Å². The van der Waals surface area contributed by atoms with Crippen LogP contribution in [0.15, 0.2) is 18.2 Å². The van der Waals surface area contributed by atoms with E-state index in [1.807, 2.05) is 0 Å². The first kappa shape index (κ1) is 7.68. The molecule has 0 saturated carbocycles. The minimum atomic E-state index is -1.03. The van der Waals surface area contributed by atoms with Crippen molar-refractivity contribution in [2.45, 2.75) is 6.54 Å². The van der Waals surface area contributed by atoms with Gasteiger partial charge in [0.25, 0.3) is 0 Å². The van der Waals surface area contributed by atoms with E-state index in [1.165, 1.54) is 6.07 Å². The molecular formula is C7H8N2O2.